The van der Waals surface area contributed by atoms with E-state index in [0.717, 1.165) is 16.1 Å². The molecule has 0 amide bonds. The molecule has 1 aromatic rings. The Bertz CT molecular complexity index is 775. The summed E-state index contributed by atoms with van der Waals surface area (Å²) < 4.78 is 14.9. The molecule has 0 atom stereocenters. The number of benzene rings is 1. The highest BCUT2D eigenvalue weighted by Crippen LogP contribution is 2.22. The maximum absolute atomic E-state index is 14.0. The Morgan fingerprint density at radius 3 is 2.74 bits per heavy atom. The third-order valence-corrected chi connectivity index (χ3v) is 3.93. The Labute approximate surface area is 142 Å². The standard InChI is InChI=1S/C17H16BrFN4/c1-3-10-6-11(4-5-13(10)18)17(21)23-16-7-12(9-22-2)15(20)8-14(16)19/h3-9,20,22H,1H2,2H3,(H2,21,23)/b12-9-,20-15?. The molecule has 4 N–H and O–H groups in total. The highest BCUT2D eigenvalue weighted by Gasteiger charge is 2.16. The molecule has 0 unspecified atom stereocenters. The van der Waals surface area contributed by atoms with Gasteiger partial charge in [0.1, 0.15) is 11.7 Å². The first-order valence-electron chi connectivity index (χ1n) is 6.79. The molecule has 6 heteroatoms. The van der Waals surface area contributed by atoms with Crippen molar-refractivity contribution in [1.82, 2.24) is 10.6 Å². The Kier molecular flexibility index (Phi) is 5.28. The zero-order valence-corrected chi connectivity index (χ0v) is 14.1. The average Bonchev–Trinajstić information content (AvgIpc) is 2.52. The van der Waals surface area contributed by atoms with Crippen molar-refractivity contribution in [2.45, 2.75) is 0 Å². The molecule has 0 saturated heterocycles. The van der Waals surface area contributed by atoms with E-state index in [9.17, 15) is 4.39 Å². The van der Waals surface area contributed by atoms with Crippen LogP contribution in [0, 0.1) is 10.8 Å². The van der Waals surface area contributed by atoms with Crippen LogP contribution in [0.25, 0.3) is 6.08 Å². The van der Waals surface area contributed by atoms with E-state index in [1.165, 1.54) is 6.08 Å². The second-order valence-electron chi connectivity index (χ2n) is 4.79. The molecule has 0 saturated carbocycles. The Morgan fingerprint density at radius 2 is 2.09 bits per heavy atom. The van der Waals surface area contributed by atoms with Gasteiger partial charge in [-0.3, -0.25) is 5.41 Å². The van der Waals surface area contributed by atoms with Crippen LogP contribution in [-0.4, -0.2) is 18.6 Å². The predicted molar refractivity (Wildman–Crippen MR) is 96.3 cm³/mol. The molecule has 0 bridgehead atoms. The molecule has 0 aliphatic heterocycles. The van der Waals surface area contributed by atoms with E-state index >= 15 is 0 Å². The van der Waals surface area contributed by atoms with E-state index in [0.29, 0.717) is 11.1 Å². The van der Waals surface area contributed by atoms with Gasteiger partial charge in [-0.15, -0.1) is 0 Å². The molecule has 0 spiro atoms. The number of hydrogen-bond donors (Lipinski definition) is 4. The van der Waals surface area contributed by atoms with Gasteiger partial charge < -0.3 is 16.0 Å². The largest absolute Gasteiger partial charge is 0.393 e. The van der Waals surface area contributed by atoms with Gasteiger partial charge in [-0.2, -0.15) is 0 Å². The second kappa shape index (κ2) is 7.19. The van der Waals surface area contributed by atoms with Crippen LogP contribution in [0.5, 0.6) is 0 Å². The van der Waals surface area contributed by atoms with Gasteiger partial charge in [-0.25, -0.2) is 4.39 Å². The summed E-state index contributed by atoms with van der Waals surface area (Å²) in [6.45, 7) is 3.72. The van der Waals surface area contributed by atoms with Crippen LogP contribution in [0.4, 0.5) is 4.39 Å². The summed E-state index contributed by atoms with van der Waals surface area (Å²) in [7, 11) is 1.70. The molecule has 1 aromatic carbocycles. The number of amidine groups is 1. The van der Waals surface area contributed by atoms with Crippen molar-refractivity contribution in [2.24, 2.45) is 0 Å². The summed E-state index contributed by atoms with van der Waals surface area (Å²) in [4.78, 5) is 0. The third-order valence-electron chi connectivity index (χ3n) is 3.20. The lowest BCUT2D eigenvalue weighted by Gasteiger charge is -2.16. The van der Waals surface area contributed by atoms with Crippen molar-refractivity contribution in [2.75, 3.05) is 7.05 Å². The minimum Gasteiger partial charge on any atom is -0.393 e. The first-order valence-corrected chi connectivity index (χ1v) is 7.59. The summed E-state index contributed by atoms with van der Waals surface area (Å²) in [5.74, 6) is -0.512. The van der Waals surface area contributed by atoms with Crippen molar-refractivity contribution >= 4 is 33.6 Å². The van der Waals surface area contributed by atoms with E-state index < -0.39 is 5.83 Å². The Hall–Kier alpha value is -2.47. The van der Waals surface area contributed by atoms with E-state index in [2.05, 4.69) is 33.1 Å². The van der Waals surface area contributed by atoms with Gasteiger partial charge >= 0.3 is 0 Å². The topological polar surface area (TPSA) is 71.8 Å². The number of halogens is 2. The molecule has 0 fully saturated rings. The number of allylic oxidation sites excluding steroid dienone is 4. The molecule has 4 nitrogen and oxygen atoms in total. The third kappa shape index (κ3) is 3.84. The van der Waals surface area contributed by atoms with Gasteiger partial charge in [0.2, 0.25) is 0 Å². The van der Waals surface area contributed by atoms with Crippen molar-refractivity contribution in [3.63, 3.8) is 0 Å². The van der Waals surface area contributed by atoms with E-state index in [4.69, 9.17) is 10.8 Å². The van der Waals surface area contributed by atoms with Crippen molar-refractivity contribution in [3.8, 4) is 0 Å². The molecule has 0 heterocycles. The minimum absolute atomic E-state index is 0.0626. The lowest BCUT2D eigenvalue weighted by molar-refractivity contribution is 0.640. The van der Waals surface area contributed by atoms with Crippen LogP contribution in [-0.2, 0) is 0 Å². The molecule has 2 rings (SSSR count). The van der Waals surface area contributed by atoms with Crippen LogP contribution in [0.3, 0.4) is 0 Å². The maximum Gasteiger partial charge on any atom is 0.148 e. The van der Waals surface area contributed by atoms with Gasteiger partial charge in [0.25, 0.3) is 0 Å². The molecular weight excluding hydrogens is 359 g/mol. The molecule has 23 heavy (non-hydrogen) atoms. The van der Waals surface area contributed by atoms with Crippen LogP contribution in [0.15, 0.2) is 64.7 Å². The zero-order chi connectivity index (χ0) is 17.0. The van der Waals surface area contributed by atoms with Gasteiger partial charge in [-0.05, 0) is 23.8 Å². The summed E-state index contributed by atoms with van der Waals surface area (Å²) in [5, 5.41) is 21.4. The fourth-order valence-corrected chi connectivity index (χ4v) is 2.43. The summed E-state index contributed by atoms with van der Waals surface area (Å²) >= 11 is 3.40. The quantitative estimate of drug-likeness (QED) is 0.477. The molecule has 0 radical (unpaired) electrons. The summed E-state index contributed by atoms with van der Waals surface area (Å²) in [6.07, 6.45) is 5.90. The normalized spacial score (nSPS) is 15.8. The van der Waals surface area contributed by atoms with Crippen LogP contribution < -0.4 is 10.6 Å². The van der Waals surface area contributed by atoms with E-state index in [1.807, 2.05) is 6.07 Å². The zero-order valence-electron chi connectivity index (χ0n) is 12.5. The van der Waals surface area contributed by atoms with Gasteiger partial charge in [0.15, 0.2) is 0 Å². The van der Waals surface area contributed by atoms with Crippen LogP contribution >= 0.6 is 15.9 Å². The molecular formula is C17H16BrFN4. The second-order valence-corrected chi connectivity index (χ2v) is 5.65. The Morgan fingerprint density at radius 1 is 1.35 bits per heavy atom. The smallest absolute Gasteiger partial charge is 0.148 e. The molecule has 0 aromatic heterocycles. The molecule has 1 aliphatic carbocycles. The number of rotatable bonds is 4. The number of nitrogens with one attached hydrogen (secondary N) is 4. The maximum atomic E-state index is 14.0. The van der Waals surface area contributed by atoms with Crippen molar-refractivity contribution < 1.29 is 4.39 Å². The average molecular weight is 375 g/mol. The van der Waals surface area contributed by atoms with Crippen molar-refractivity contribution in [3.05, 3.63) is 75.8 Å². The highest BCUT2D eigenvalue weighted by atomic mass is 79.9. The van der Waals surface area contributed by atoms with Gasteiger partial charge in [0, 0.05) is 34.9 Å². The fraction of sp³-hybridized carbons (Fsp3) is 0.0588. The summed E-state index contributed by atoms with van der Waals surface area (Å²) in [5.41, 5.74) is 2.21. The minimum atomic E-state index is -0.575. The first-order chi connectivity index (χ1) is 11.0. The van der Waals surface area contributed by atoms with Gasteiger partial charge in [-0.1, -0.05) is 34.7 Å². The van der Waals surface area contributed by atoms with E-state index in [-0.39, 0.29) is 17.2 Å². The molecule has 1 aliphatic rings. The first kappa shape index (κ1) is 16.9. The highest BCUT2D eigenvalue weighted by molar-refractivity contribution is 9.10. The predicted octanol–water partition coefficient (Wildman–Crippen LogP) is 3.88. The molecule has 118 valence electrons. The number of hydrogen-bond acceptors (Lipinski definition) is 3. The monoisotopic (exact) mass is 374 g/mol. The van der Waals surface area contributed by atoms with Crippen LogP contribution in [0.2, 0.25) is 0 Å². The SMILES string of the molecule is C=Cc1cc(C(=N)NC2=C/C(=C/NC)C(=N)C=C2F)ccc1Br. The lowest BCUT2D eigenvalue weighted by Crippen LogP contribution is -2.25. The fourth-order valence-electron chi connectivity index (χ4n) is 2.02. The lowest BCUT2D eigenvalue weighted by atomic mass is 10.0. The van der Waals surface area contributed by atoms with Crippen LogP contribution in [0.1, 0.15) is 11.1 Å². The summed E-state index contributed by atoms with van der Waals surface area (Å²) in [6, 6.07) is 5.35. The Balaban J connectivity index is 2.27. The van der Waals surface area contributed by atoms with E-state index in [1.54, 1.807) is 31.5 Å². The van der Waals surface area contributed by atoms with Gasteiger partial charge in [0.05, 0.1) is 11.4 Å². The van der Waals surface area contributed by atoms with Crippen molar-refractivity contribution in [1.29, 1.82) is 10.8 Å².